The minimum atomic E-state index is -1.18. The van der Waals surface area contributed by atoms with Crippen LogP contribution in [0.4, 0.5) is 14.9 Å². The van der Waals surface area contributed by atoms with Gasteiger partial charge in [0.15, 0.2) is 11.6 Å². The molecular weight excluding hydrogens is 471 g/mol. The zero-order valence-corrected chi connectivity index (χ0v) is 20.0. The first-order valence-corrected chi connectivity index (χ1v) is 11.7. The second kappa shape index (κ2) is 9.50. The van der Waals surface area contributed by atoms with E-state index in [0.717, 1.165) is 11.1 Å². The number of nitrogens with zero attached hydrogens (tertiary/aromatic N) is 5. The van der Waals surface area contributed by atoms with Crippen molar-refractivity contribution in [2.24, 2.45) is 0 Å². The molecule has 1 unspecified atom stereocenters. The van der Waals surface area contributed by atoms with Gasteiger partial charge in [0, 0.05) is 17.0 Å². The van der Waals surface area contributed by atoms with E-state index in [1.165, 1.54) is 4.90 Å². The smallest absolute Gasteiger partial charge is 0.322 e. The van der Waals surface area contributed by atoms with E-state index in [1.54, 1.807) is 6.92 Å². The van der Waals surface area contributed by atoms with E-state index < -0.39 is 18.2 Å². The van der Waals surface area contributed by atoms with Crippen LogP contribution in [0.15, 0.2) is 59.1 Å². The van der Waals surface area contributed by atoms with E-state index in [0.29, 0.717) is 40.4 Å². The fourth-order valence-corrected chi connectivity index (χ4v) is 4.47. The fourth-order valence-electron chi connectivity index (χ4n) is 4.35. The number of aryl methyl sites for hydroxylation is 2. The van der Waals surface area contributed by atoms with E-state index in [-0.39, 0.29) is 13.0 Å². The maximum atomic E-state index is 14.7. The lowest BCUT2D eigenvalue weighted by molar-refractivity contribution is 0.201. The summed E-state index contributed by atoms with van der Waals surface area (Å²) in [6.07, 6.45) is -1.04. The lowest BCUT2D eigenvalue weighted by Gasteiger charge is -2.24. The van der Waals surface area contributed by atoms with Gasteiger partial charge >= 0.3 is 6.03 Å². The minimum absolute atomic E-state index is 0.0473. The van der Waals surface area contributed by atoms with E-state index in [1.807, 2.05) is 66.1 Å². The van der Waals surface area contributed by atoms with Gasteiger partial charge in [0.25, 0.3) is 0 Å². The standard InChI is InChI=1S/C25H24ClFN6O2/c1-15-22(23(35-31-15)18-6-4-3-5-7-18)28-25(34)33-14-20(27)12-21(33)24-30-29-16(2)32(24)13-17-8-10-19(26)11-9-17/h3-11,20-21H,12-14H2,1-2H3,(H,28,34)/t20?,21-/m1/s1. The van der Waals surface area contributed by atoms with Crippen LogP contribution in [0.5, 0.6) is 0 Å². The molecule has 3 heterocycles. The predicted molar refractivity (Wildman–Crippen MR) is 130 cm³/mol. The number of nitrogens with one attached hydrogen (secondary N) is 1. The Kier molecular flexibility index (Phi) is 6.25. The van der Waals surface area contributed by atoms with Crippen molar-refractivity contribution in [1.82, 2.24) is 24.8 Å². The topological polar surface area (TPSA) is 89.1 Å². The molecule has 0 bridgehead atoms. The molecule has 5 rings (SSSR count). The SMILES string of the molecule is Cc1noc(-c2ccccc2)c1NC(=O)N1CC(F)C[C@@H]1c1nnc(C)n1Cc1ccc(Cl)cc1. The van der Waals surface area contributed by atoms with Crippen LogP contribution in [0.25, 0.3) is 11.3 Å². The lowest BCUT2D eigenvalue weighted by Crippen LogP contribution is -2.36. The van der Waals surface area contributed by atoms with Gasteiger partial charge in [-0.3, -0.25) is 0 Å². The second-order valence-corrected chi connectivity index (χ2v) is 9.02. The molecule has 1 N–H and O–H groups in total. The van der Waals surface area contributed by atoms with E-state index in [2.05, 4.69) is 20.7 Å². The molecule has 4 aromatic rings. The summed E-state index contributed by atoms with van der Waals surface area (Å²) in [6.45, 7) is 4.02. The molecule has 0 aliphatic carbocycles. The van der Waals surface area contributed by atoms with Crippen LogP contribution in [0.2, 0.25) is 5.02 Å². The Morgan fingerprint density at radius 1 is 1.14 bits per heavy atom. The first kappa shape index (κ1) is 23.0. The maximum Gasteiger partial charge on any atom is 0.322 e. The summed E-state index contributed by atoms with van der Waals surface area (Å²) in [4.78, 5) is 14.9. The number of anilines is 1. The van der Waals surface area contributed by atoms with E-state index >= 15 is 0 Å². The van der Waals surface area contributed by atoms with Gasteiger partial charge in [-0.2, -0.15) is 0 Å². The molecule has 2 aromatic heterocycles. The lowest BCUT2D eigenvalue weighted by atomic mass is 10.1. The summed E-state index contributed by atoms with van der Waals surface area (Å²) in [6, 6.07) is 15.8. The van der Waals surface area contributed by atoms with Gasteiger partial charge in [0.2, 0.25) is 0 Å². The third-order valence-corrected chi connectivity index (χ3v) is 6.41. The Balaban J connectivity index is 1.42. The third-order valence-electron chi connectivity index (χ3n) is 6.16. The molecule has 8 nitrogen and oxygen atoms in total. The van der Waals surface area contributed by atoms with Crippen molar-refractivity contribution in [1.29, 1.82) is 0 Å². The number of rotatable bonds is 5. The summed E-state index contributed by atoms with van der Waals surface area (Å²) in [5.41, 5.74) is 2.77. The summed E-state index contributed by atoms with van der Waals surface area (Å²) >= 11 is 6.01. The van der Waals surface area contributed by atoms with Crippen molar-refractivity contribution in [3.05, 3.63) is 82.5 Å². The van der Waals surface area contributed by atoms with Crippen molar-refractivity contribution < 1.29 is 13.7 Å². The molecule has 35 heavy (non-hydrogen) atoms. The molecule has 2 atom stereocenters. The quantitative estimate of drug-likeness (QED) is 0.392. The molecule has 0 radical (unpaired) electrons. The molecule has 0 saturated carbocycles. The van der Waals surface area contributed by atoms with Gasteiger partial charge in [0.1, 0.15) is 23.4 Å². The van der Waals surface area contributed by atoms with Crippen molar-refractivity contribution in [3.63, 3.8) is 0 Å². The van der Waals surface area contributed by atoms with Crippen molar-refractivity contribution in [3.8, 4) is 11.3 Å². The Bertz CT molecular complexity index is 1340. The molecule has 2 amide bonds. The normalized spacial score (nSPS) is 17.7. The summed E-state index contributed by atoms with van der Waals surface area (Å²) in [5, 5.41) is 16.1. The highest BCUT2D eigenvalue weighted by atomic mass is 35.5. The number of halogens is 2. The summed E-state index contributed by atoms with van der Waals surface area (Å²) in [5.74, 6) is 1.67. The van der Waals surface area contributed by atoms with Gasteiger partial charge in [-0.25, -0.2) is 9.18 Å². The Morgan fingerprint density at radius 2 is 1.89 bits per heavy atom. The number of carbonyl (C=O) groups excluding carboxylic acids is 1. The number of hydrogen-bond donors (Lipinski definition) is 1. The minimum Gasteiger partial charge on any atom is -0.354 e. The molecule has 1 aliphatic heterocycles. The second-order valence-electron chi connectivity index (χ2n) is 8.59. The van der Waals surface area contributed by atoms with Gasteiger partial charge in [-0.1, -0.05) is 59.2 Å². The fraction of sp³-hybridized carbons (Fsp3) is 0.280. The molecule has 1 saturated heterocycles. The molecule has 180 valence electrons. The molecule has 1 aliphatic rings. The third kappa shape index (κ3) is 4.64. The Labute approximate surface area is 206 Å². The molecule has 0 spiro atoms. The molecular formula is C25H24ClFN6O2. The van der Waals surface area contributed by atoms with Crippen LogP contribution in [-0.4, -0.2) is 43.6 Å². The van der Waals surface area contributed by atoms with Crippen molar-refractivity contribution >= 4 is 23.3 Å². The van der Waals surface area contributed by atoms with E-state index in [9.17, 15) is 9.18 Å². The van der Waals surface area contributed by atoms with Crippen molar-refractivity contribution in [2.45, 2.75) is 39.0 Å². The van der Waals surface area contributed by atoms with Gasteiger partial charge in [-0.05, 0) is 31.5 Å². The maximum absolute atomic E-state index is 14.7. The average Bonchev–Trinajstić information content (AvgIpc) is 3.53. The number of urea groups is 1. The highest BCUT2D eigenvalue weighted by Gasteiger charge is 2.40. The first-order chi connectivity index (χ1) is 16.9. The van der Waals surface area contributed by atoms with Crippen LogP contribution in [0, 0.1) is 13.8 Å². The molecule has 2 aromatic carbocycles. The predicted octanol–water partition coefficient (Wildman–Crippen LogP) is 5.57. The van der Waals surface area contributed by atoms with Gasteiger partial charge < -0.3 is 19.3 Å². The number of hydrogen-bond acceptors (Lipinski definition) is 5. The van der Waals surface area contributed by atoms with Crippen LogP contribution in [0.1, 0.15) is 35.4 Å². The zero-order valence-electron chi connectivity index (χ0n) is 19.3. The average molecular weight is 495 g/mol. The molecule has 1 fully saturated rings. The first-order valence-electron chi connectivity index (χ1n) is 11.3. The number of carbonyl (C=O) groups is 1. The largest absolute Gasteiger partial charge is 0.354 e. The van der Waals surface area contributed by atoms with E-state index in [4.69, 9.17) is 16.1 Å². The monoisotopic (exact) mass is 494 g/mol. The Hall–Kier alpha value is -3.72. The highest BCUT2D eigenvalue weighted by Crippen LogP contribution is 2.36. The van der Waals surface area contributed by atoms with Gasteiger partial charge in [0.05, 0.1) is 19.1 Å². The number of amides is 2. The number of aromatic nitrogens is 4. The molecule has 10 heteroatoms. The van der Waals surface area contributed by atoms with Gasteiger partial charge in [-0.15, -0.1) is 10.2 Å². The zero-order chi connectivity index (χ0) is 24.5. The number of benzene rings is 2. The summed E-state index contributed by atoms with van der Waals surface area (Å²) < 4.78 is 22.0. The van der Waals surface area contributed by atoms with Crippen LogP contribution in [-0.2, 0) is 6.54 Å². The summed E-state index contributed by atoms with van der Waals surface area (Å²) in [7, 11) is 0. The number of alkyl halides is 1. The van der Waals surface area contributed by atoms with Crippen LogP contribution in [0.3, 0.4) is 0 Å². The van der Waals surface area contributed by atoms with Crippen LogP contribution >= 0.6 is 11.6 Å². The number of likely N-dealkylation sites (tertiary alicyclic amines) is 1. The van der Waals surface area contributed by atoms with Crippen LogP contribution < -0.4 is 5.32 Å². The highest BCUT2D eigenvalue weighted by molar-refractivity contribution is 6.30. The Morgan fingerprint density at radius 3 is 2.63 bits per heavy atom. The van der Waals surface area contributed by atoms with Crippen molar-refractivity contribution in [2.75, 3.05) is 11.9 Å².